The first-order valence-corrected chi connectivity index (χ1v) is 8.56. The fraction of sp³-hybridized carbons (Fsp3) is 0.765. The molecule has 0 atom stereocenters. The zero-order valence-electron chi connectivity index (χ0n) is 13.8. The first-order valence-electron chi connectivity index (χ1n) is 8.56. The minimum Gasteiger partial charge on any atom is -0.370 e. The first-order chi connectivity index (χ1) is 10.2. The lowest BCUT2D eigenvalue weighted by atomic mass is 9.83. The molecule has 1 aliphatic rings. The van der Waals surface area contributed by atoms with Crippen LogP contribution in [0.2, 0.25) is 0 Å². The molecule has 0 unspecified atom stereocenters. The predicted molar refractivity (Wildman–Crippen MR) is 89.9 cm³/mol. The van der Waals surface area contributed by atoms with Gasteiger partial charge in [-0.15, -0.1) is 0 Å². The minimum absolute atomic E-state index is 0.479. The molecule has 1 aromatic heterocycles. The molecule has 1 aromatic rings. The van der Waals surface area contributed by atoms with E-state index >= 15 is 0 Å². The second kappa shape index (κ2) is 7.62. The number of nitrogens with zero attached hydrogens (tertiary/aromatic N) is 2. The van der Waals surface area contributed by atoms with E-state index in [0.29, 0.717) is 5.41 Å². The lowest BCUT2D eigenvalue weighted by molar-refractivity contribution is 0.306. The summed E-state index contributed by atoms with van der Waals surface area (Å²) < 4.78 is 0. The molecule has 4 heteroatoms. The van der Waals surface area contributed by atoms with Crippen molar-refractivity contribution in [3.8, 4) is 0 Å². The van der Waals surface area contributed by atoms with Crippen LogP contribution in [0.5, 0.6) is 0 Å². The average Bonchev–Trinajstić information content (AvgIpc) is 3.00. The van der Waals surface area contributed by atoms with Gasteiger partial charge in [0, 0.05) is 18.7 Å². The Morgan fingerprint density at radius 1 is 1.05 bits per heavy atom. The molecule has 4 nitrogen and oxygen atoms in total. The van der Waals surface area contributed by atoms with Crippen molar-refractivity contribution in [2.75, 3.05) is 23.7 Å². The van der Waals surface area contributed by atoms with Gasteiger partial charge < -0.3 is 10.6 Å². The van der Waals surface area contributed by atoms with Crippen molar-refractivity contribution in [2.24, 2.45) is 5.41 Å². The summed E-state index contributed by atoms with van der Waals surface area (Å²) >= 11 is 0. The monoisotopic (exact) mass is 290 g/mol. The summed E-state index contributed by atoms with van der Waals surface area (Å²) in [4.78, 5) is 8.89. The van der Waals surface area contributed by atoms with E-state index < -0.39 is 0 Å². The highest BCUT2D eigenvalue weighted by atomic mass is 15.1. The van der Waals surface area contributed by atoms with E-state index in [0.717, 1.165) is 37.6 Å². The number of nitrogens with one attached hydrogen (secondary N) is 2. The molecule has 0 aliphatic heterocycles. The van der Waals surface area contributed by atoms with Gasteiger partial charge in [-0.3, -0.25) is 0 Å². The highest BCUT2D eigenvalue weighted by Gasteiger charge is 2.31. The van der Waals surface area contributed by atoms with Gasteiger partial charge in [0.25, 0.3) is 0 Å². The van der Waals surface area contributed by atoms with Gasteiger partial charge in [0.05, 0.1) is 0 Å². The summed E-state index contributed by atoms with van der Waals surface area (Å²) in [7, 11) is 0. The number of anilines is 2. The van der Waals surface area contributed by atoms with Crippen LogP contribution in [0.4, 0.5) is 11.6 Å². The lowest BCUT2D eigenvalue weighted by Gasteiger charge is -2.28. The minimum atomic E-state index is 0.479. The van der Waals surface area contributed by atoms with Crippen molar-refractivity contribution in [3.63, 3.8) is 0 Å². The smallest absolute Gasteiger partial charge is 0.134 e. The fourth-order valence-electron chi connectivity index (χ4n) is 3.35. The van der Waals surface area contributed by atoms with Gasteiger partial charge in [-0.05, 0) is 37.5 Å². The van der Waals surface area contributed by atoms with E-state index in [4.69, 9.17) is 0 Å². The molecule has 1 heterocycles. The standard InChI is InChI=1S/C17H30N4/c1-4-11-18-15-14(5-2)16(21-13-20-15)19-12-17(6-3)9-7-8-10-17/h13H,4-12H2,1-3H3,(H2,18,19,20,21). The van der Waals surface area contributed by atoms with Gasteiger partial charge in [0.2, 0.25) is 0 Å². The number of hydrogen-bond acceptors (Lipinski definition) is 4. The zero-order chi connectivity index (χ0) is 15.1. The normalized spacial score (nSPS) is 16.9. The van der Waals surface area contributed by atoms with E-state index in [1.54, 1.807) is 6.33 Å². The maximum absolute atomic E-state index is 4.48. The van der Waals surface area contributed by atoms with Crippen molar-refractivity contribution in [3.05, 3.63) is 11.9 Å². The molecular weight excluding hydrogens is 260 g/mol. The molecule has 1 saturated carbocycles. The largest absolute Gasteiger partial charge is 0.370 e. The summed E-state index contributed by atoms with van der Waals surface area (Å²) in [6, 6.07) is 0. The average molecular weight is 290 g/mol. The molecule has 0 saturated heterocycles. The number of rotatable bonds is 8. The van der Waals surface area contributed by atoms with Gasteiger partial charge in [0.1, 0.15) is 18.0 Å². The van der Waals surface area contributed by atoms with Gasteiger partial charge in [-0.2, -0.15) is 0 Å². The second-order valence-electron chi connectivity index (χ2n) is 6.24. The molecule has 0 bridgehead atoms. The van der Waals surface area contributed by atoms with E-state index in [9.17, 15) is 0 Å². The summed E-state index contributed by atoms with van der Waals surface area (Å²) in [6.45, 7) is 8.67. The van der Waals surface area contributed by atoms with Crippen LogP contribution in [0.1, 0.15) is 64.9 Å². The molecular formula is C17H30N4. The maximum atomic E-state index is 4.48. The molecule has 2 rings (SSSR count). The SMILES string of the molecule is CCCNc1ncnc(NCC2(CC)CCCC2)c1CC. The first kappa shape index (κ1) is 16.1. The molecule has 1 fully saturated rings. The molecule has 0 radical (unpaired) electrons. The Bertz CT molecular complexity index is 438. The van der Waals surface area contributed by atoms with Crippen molar-refractivity contribution in [1.82, 2.24) is 9.97 Å². The summed E-state index contributed by atoms with van der Waals surface area (Å²) in [5.74, 6) is 2.01. The molecule has 118 valence electrons. The van der Waals surface area contributed by atoms with Crippen molar-refractivity contribution >= 4 is 11.6 Å². The number of aromatic nitrogens is 2. The van der Waals surface area contributed by atoms with Crippen LogP contribution in [-0.2, 0) is 6.42 Å². The highest BCUT2D eigenvalue weighted by Crippen LogP contribution is 2.41. The Morgan fingerprint density at radius 3 is 2.29 bits per heavy atom. The van der Waals surface area contributed by atoms with Crippen LogP contribution >= 0.6 is 0 Å². The molecule has 1 aliphatic carbocycles. The predicted octanol–water partition coefficient (Wildman–Crippen LogP) is 4.24. The van der Waals surface area contributed by atoms with Crippen molar-refractivity contribution in [1.29, 1.82) is 0 Å². The van der Waals surface area contributed by atoms with Crippen LogP contribution in [-0.4, -0.2) is 23.1 Å². The Morgan fingerprint density at radius 2 is 1.71 bits per heavy atom. The summed E-state index contributed by atoms with van der Waals surface area (Å²) in [5, 5.41) is 7.04. The number of hydrogen-bond donors (Lipinski definition) is 2. The van der Waals surface area contributed by atoms with Crippen LogP contribution < -0.4 is 10.6 Å². The maximum Gasteiger partial charge on any atom is 0.134 e. The topological polar surface area (TPSA) is 49.8 Å². The Labute approximate surface area is 129 Å². The molecule has 0 spiro atoms. The van der Waals surface area contributed by atoms with Crippen LogP contribution in [0.15, 0.2) is 6.33 Å². The van der Waals surface area contributed by atoms with Crippen molar-refractivity contribution in [2.45, 2.75) is 65.7 Å². The van der Waals surface area contributed by atoms with E-state index in [1.807, 2.05) is 0 Å². The fourth-order valence-corrected chi connectivity index (χ4v) is 3.35. The van der Waals surface area contributed by atoms with E-state index in [2.05, 4.69) is 41.4 Å². The molecule has 0 amide bonds. The van der Waals surface area contributed by atoms with Gasteiger partial charge in [-0.25, -0.2) is 9.97 Å². The Hall–Kier alpha value is -1.32. The third-order valence-electron chi connectivity index (χ3n) is 4.89. The zero-order valence-corrected chi connectivity index (χ0v) is 13.8. The van der Waals surface area contributed by atoms with Gasteiger partial charge in [0.15, 0.2) is 0 Å². The van der Waals surface area contributed by atoms with Crippen LogP contribution in [0, 0.1) is 5.41 Å². The lowest BCUT2D eigenvalue weighted by Crippen LogP contribution is -2.26. The van der Waals surface area contributed by atoms with Gasteiger partial charge >= 0.3 is 0 Å². The van der Waals surface area contributed by atoms with E-state index in [1.165, 1.54) is 37.7 Å². The summed E-state index contributed by atoms with van der Waals surface area (Å²) in [5.41, 5.74) is 1.70. The van der Waals surface area contributed by atoms with Crippen LogP contribution in [0.25, 0.3) is 0 Å². The molecule has 2 N–H and O–H groups in total. The molecule has 21 heavy (non-hydrogen) atoms. The molecule has 0 aromatic carbocycles. The third-order valence-corrected chi connectivity index (χ3v) is 4.89. The third kappa shape index (κ3) is 3.86. The Kier molecular flexibility index (Phi) is 5.83. The second-order valence-corrected chi connectivity index (χ2v) is 6.24. The van der Waals surface area contributed by atoms with E-state index in [-0.39, 0.29) is 0 Å². The highest BCUT2D eigenvalue weighted by molar-refractivity contribution is 5.57. The van der Waals surface area contributed by atoms with Crippen molar-refractivity contribution < 1.29 is 0 Å². The summed E-state index contributed by atoms with van der Waals surface area (Å²) in [6.07, 6.45) is 10.4. The quantitative estimate of drug-likeness (QED) is 0.751. The van der Waals surface area contributed by atoms with Gasteiger partial charge in [-0.1, -0.05) is 33.6 Å². The van der Waals surface area contributed by atoms with Crippen LogP contribution in [0.3, 0.4) is 0 Å². The Balaban J connectivity index is 2.08.